The molecule has 1 aliphatic rings. The Morgan fingerprint density at radius 2 is 1.69 bits per heavy atom. The fourth-order valence-corrected chi connectivity index (χ4v) is 5.05. The van der Waals surface area contributed by atoms with Crippen LogP contribution in [0.1, 0.15) is 38.5 Å². The monoisotopic (exact) mass is 404 g/mol. The number of thioether (sulfide) groups is 1. The molecule has 148 valence electrons. The molecule has 4 aromatic rings. The lowest BCUT2D eigenvalue weighted by Gasteiger charge is -2.16. The standard InChI is InChI=1S/C23H24N4OS/c28-21(24-16-9-3-1-2-4-10-16)15-29-23-26-18-12-6-5-11-17(18)22-25-19-13-7-8-14-20(19)27(22)23/h5-8,11-14,16H,1-4,9-10,15H2,(H,24,28). The topological polar surface area (TPSA) is 59.3 Å². The maximum absolute atomic E-state index is 12.6. The van der Waals surface area contributed by atoms with Gasteiger partial charge in [-0.05, 0) is 37.1 Å². The van der Waals surface area contributed by atoms with E-state index in [9.17, 15) is 4.79 Å². The second-order valence-electron chi connectivity index (χ2n) is 7.72. The highest BCUT2D eigenvalue weighted by atomic mass is 32.2. The molecule has 29 heavy (non-hydrogen) atoms. The molecule has 1 aliphatic carbocycles. The largest absolute Gasteiger partial charge is 0.353 e. The summed E-state index contributed by atoms with van der Waals surface area (Å²) < 4.78 is 2.08. The Labute approximate surface area is 173 Å². The lowest BCUT2D eigenvalue weighted by atomic mass is 10.1. The van der Waals surface area contributed by atoms with Crippen molar-refractivity contribution in [3.8, 4) is 0 Å². The van der Waals surface area contributed by atoms with Crippen molar-refractivity contribution in [2.24, 2.45) is 0 Å². The number of hydrogen-bond acceptors (Lipinski definition) is 4. The molecule has 0 unspecified atom stereocenters. The molecule has 1 fully saturated rings. The molecular weight excluding hydrogens is 380 g/mol. The first-order chi connectivity index (χ1) is 14.3. The minimum Gasteiger partial charge on any atom is -0.353 e. The summed E-state index contributed by atoms with van der Waals surface area (Å²) in [5.41, 5.74) is 3.76. The number of benzene rings is 2. The van der Waals surface area contributed by atoms with Crippen molar-refractivity contribution in [1.29, 1.82) is 0 Å². The number of amides is 1. The number of para-hydroxylation sites is 3. The van der Waals surface area contributed by atoms with Crippen molar-refractivity contribution in [2.45, 2.75) is 49.7 Å². The average Bonchev–Trinajstić information content (AvgIpc) is 2.96. The number of imidazole rings is 1. The van der Waals surface area contributed by atoms with Crippen molar-refractivity contribution >= 4 is 45.3 Å². The van der Waals surface area contributed by atoms with Crippen LogP contribution in [0.15, 0.2) is 53.7 Å². The van der Waals surface area contributed by atoms with E-state index >= 15 is 0 Å². The molecule has 0 bridgehead atoms. The Kier molecular flexibility index (Phi) is 5.10. The van der Waals surface area contributed by atoms with E-state index in [0.717, 1.165) is 45.6 Å². The molecule has 2 aromatic heterocycles. The van der Waals surface area contributed by atoms with E-state index in [4.69, 9.17) is 9.97 Å². The minimum absolute atomic E-state index is 0.0921. The summed E-state index contributed by atoms with van der Waals surface area (Å²) in [5, 5.41) is 5.07. The summed E-state index contributed by atoms with van der Waals surface area (Å²) in [6.07, 6.45) is 7.20. The third-order valence-electron chi connectivity index (χ3n) is 5.67. The number of nitrogens with one attached hydrogen (secondary N) is 1. The summed E-state index contributed by atoms with van der Waals surface area (Å²) in [5.74, 6) is 0.457. The molecule has 1 saturated carbocycles. The highest BCUT2D eigenvalue weighted by molar-refractivity contribution is 7.99. The second kappa shape index (κ2) is 8.03. The number of carbonyl (C=O) groups is 1. The number of nitrogens with zero attached hydrogens (tertiary/aromatic N) is 3. The van der Waals surface area contributed by atoms with Crippen molar-refractivity contribution in [3.05, 3.63) is 48.5 Å². The Morgan fingerprint density at radius 1 is 0.966 bits per heavy atom. The van der Waals surface area contributed by atoms with Crippen LogP contribution in [-0.4, -0.2) is 32.1 Å². The van der Waals surface area contributed by atoms with Gasteiger partial charge < -0.3 is 5.32 Å². The number of aromatic nitrogens is 3. The summed E-state index contributed by atoms with van der Waals surface area (Å²) in [7, 11) is 0. The van der Waals surface area contributed by atoms with Crippen molar-refractivity contribution in [2.75, 3.05) is 5.75 Å². The average molecular weight is 405 g/mol. The van der Waals surface area contributed by atoms with Crippen LogP contribution in [0.25, 0.3) is 27.6 Å². The Morgan fingerprint density at radius 3 is 2.52 bits per heavy atom. The number of carbonyl (C=O) groups excluding carboxylic acids is 1. The van der Waals surface area contributed by atoms with Crippen LogP contribution < -0.4 is 5.32 Å². The number of rotatable bonds is 4. The highest BCUT2D eigenvalue weighted by Gasteiger charge is 2.17. The molecule has 0 atom stereocenters. The van der Waals surface area contributed by atoms with E-state index in [1.165, 1.54) is 37.4 Å². The van der Waals surface area contributed by atoms with Crippen LogP contribution in [0.3, 0.4) is 0 Å². The van der Waals surface area contributed by atoms with Crippen LogP contribution in [0.5, 0.6) is 0 Å². The normalized spacial score (nSPS) is 15.7. The zero-order valence-corrected chi connectivity index (χ0v) is 17.1. The smallest absolute Gasteiger partial charge is 0.230 e. The molecule has 6 heteroatoms. The van der Waals surface area contributed by atoms with E-state index in [-0.39, 0.29) is 5.91 Å². The fourth-order valence-electron chi connectivity index (χ4n) is 4.23. The van der Waals surface area contributed by atoms with Gasteiger partial charge in [-0.1, -0.05) is 61.7 Å². The third-order valence-corrected chi connectivity index (χ3v) is 6.60. The van der Waals surface area contributed by atoms with E-state index < -0.39 is 0 Å². The lowest BCUT2D eigenvalue weighted by molar-refractivity contribution is -0.119. The summed E-state index contributed by atoms with van der Waals surface area (Å²) in [4.78, 5) is 22.3. The molecular formula is C23H24N4OS. The van der Waals surface area contributed by atoms with Gasteiger partial charge in [0, 0.05) is 11.4 Å². The number of fused-ring (bicyclic) bond motifs is 5. The first kappa shape index (κ1) is 18.4. The van der Waals surface area contributed by atoms with Gasteiger partial charge in [0.05, 0.1) is 22.3 Å². The highest BCUT2D eigenvalue weighted by Crippen LogP contribution is 2.29. The minimum atomic E-state index is 0.0921. The Balaban J connectivity index is 1.46. The van der Waals surface area contributed by atoms with Crippen LogP contribution in [0, 0.1) is 0 Å². The molecule has 0 spiro atoms. The van der Waals surface area contributed by atoms with Crippen LogP contribution in [-0.2, 0) is 4.79 Å². The van der Waals surface area contributed by atoms with E-state index in [2.05, 4.69) is 21.9 Å². The quantitative estimate of drug-likeness (QED) is 0.296. The molecule has 0 aliphatic heterocycles. The summed E-state index contributed by atoms with van der Waals surface area (Å²) in [6.45, 7) is 0. The maximum Gasteiger partial charge on any atom is 0.230 e. The van der Waals surface area contributed by atoms with E-state index in [0.29, 0.717) is 11.8 Å². The van der Waals surface area contributed by atoms with Gasteiger partial charge in [-0.15, -0.1) is 0 Å². The summed E-state index contributed by atoms with van der Waals surface area (Å²) >= 11 is 1.49. The van der Waals surface area contributed by atoms with Gasteiger partial charge >= 0.3 is 0 Å². The van der Waals surface area contributed by atoms with E-state index in [1.807, 2.05) is 36.4 Å². The molecule has 0 saturated heterocycles. The van der Waals surface area contributed by atoms with Gasteiger partial charge in [-0.25, -0.2) is 9.97 Å². The SMILES string of the molecule is O=C(CSc1nc2ccccc2c2nc3ccccc3n12)NC1CCCCCC1. The molecule has 1 amide bonds. The van der Waals surface area contributed by atoms with Gasteiger partial charge in [-0.3, -0.25) is 9.20 Å². The molecule has 2 heterocycles. The zero-order chi connectivity index (χ0) is 19.6. The molecule has 1 N–H and O–H groups in total. The van der Waals surface area contributed by atoms with Gasteiger partial charge in [0.1, 0.15) is 5.65 Å². The van der Waals surface area contributed by atoms with Crippen molar-refractivity contribution in [3.63, 3.8) is 0 Å². The maximum atomic E-state index is 12.6. The fraction of sp³-hybridized carbons (Fsp3) is 0.348. The Hall–Kier alpha value is -2.60. The van der Waals surface area contributed by atoms with Gasteiger partial charge in [0.2, 0.25) is 5.91 Å². The van der Waals surface area contributed by atoms with Crippen LogP contribution >= 0.6 is 11.8 Å². The first-order valence-electron chi connectivity index (χ1n) is 10.4. The second-order valence-corrected chi connectivity index (χ2v) is 8.66. The molecule has 5 nitrogen and oxygen atoms in total. The van der Waals surface area contributed by atoms with Crippen LogP contribution in [0.2, 0.25) is 0 Å². The van der Waals surface area contributed by atoms with Gasteiger partial charge in [-0.2, -0.15) is 0 Å². The van der Waals surface area contributed by atoms with Crippen LogP contribution in [0.4, 0.5) is 0 Å². The summed E-state index contributed by atoms with van der Waals surface area (Å²) in [6, 6.07) is 16.5. The van der Waals surface area contributed by atoms with Gasteiger partial charge in [0.15, 0.2) is 5.16 Å². The van der Waals surface area contributed by atoms with Crippen molar-refractivity contribution in [1.82, 2.24) is 19.7 Å². The van der Waals surface area contributed by atoms with E-state index in [1.54, 1.807) is 0 Å². The molecule has 2 aromatic carbocycles. The lowest BCUT2D eigenvalue weighted by Crippen LogP contribution is -2.35. The third kappa shape index (κ3) is 3.69. The zero-order valence-electron chi connectivity index (χ0n) is 16.3. The molecule has 0 radical (unpaired) electrons. The predicted molar refractivity (Wildman–Crippen MR) is 118 cm³/mol. The van der Waals surface area contributed by atoms with Crippen molar-refractivity contribution < 1.29 is 4.79 Å². The van der Waals surface area contributed by atoms with Gasteiger partial charge in [0.25, 0.3) is 0 Å². The predicted octanol–water partition coefficient (Wildman–Crippen LogP) is 4.97. The molecule has 5 rings (SSSR count). The first-order valence-corrected chi connectivity index (χ1v) is 11.4. The Bertz CT molecular complexity index is 1180. The number of hydrogen-bond donors (Lipinski definition) is 1.